The fourth-order valence-corrected chi connectivity index (χ4v) is 3.67. The third kappa shape index (κ3) is 3.17. The van der Waals surface area contributed by atoms with Crippen LogP contribution in [0.25, 0.3) is 0 Å². The highest BCUT2D eigenvalue weighted by molar-refractivity contribution is 7.89. The molecule has 1 aromatic rings. The average Bonchev–Trinajstić information content (AvgIpc) is 2.99. The van der Waals surface area contributed by atoms with Crippen molar-refractivity contribution in [3.63, 3.8) is 0 Å². The van der Waals surface area contributed by atoms with Crippen molar-refractivity contribution in [1.29, 1.82) is 0 Å². The van der Waals surface area contributed by atoms with Crippen LogP contribution >= 0.6 is 0 Å². The fraction of sp³-hybridized carbons (Fsp3) is 0.636. The fourth-order valence-electron chi connectivity index (χ4n) is 2.24. The molecule has 9 heteroatoms. The topological polar surface area (TPSA) is 121 Å². The van der Waals surface area contributed by atoms with Gasteiger partial charge < -0.3 is 11.1 Å². The first-order valence-electron chi connectivity index (χ1n) is 6.52. The molecule has 8 nitrogen and oxygen atoms in total. The Labute approximate surface area is 117 Å². The molecule has 1 saturated heterocycles. The maximum Gasteiger partial charge on any atom is 0.246 e. The van der Waals surface area contributed by atoms with Crippen LogP contribution in [0.5, 0.6) is 0 Å². The Morgan fingerprint density at radius 1 is 1.60 bits per heavy atom. The third-order valence-corrected chi connectivity index (χ3v) is 5.14. The van der Waals surface area contributed by atoms with E-state index in [0.717, 1.165) is 0 Å². The highest BCUT2D eigenvalue weighted by Crippen LogP contribution is 2.23. The van der Waals surface area contributed by atoms with Crippen LogP contribution in [0.4, 0.5) is 0 Å². The third-order valence-electron chi connectivity index (χ3n) is 3.31. The van der Waals surface area contributed by atoms with Crippen molar-refractivity contribution >= 4 is 15.9 Å². The number of sulfonamides is 1. The number of hydrogen-bond donors (Lipinski definition) is 3. The minimum atomic E-state index is -3.57. The maximum atomic E-state index is 12.3. The first kappa shape index (κ1) is 14.9. The Morgan fingerprint density at radius 2 is 2.40 bits per heavy atom. The summed E-state index contributed by atoms with van der Waals surface area (Å²) in [6, 6.07) is 0. The van der Waals surface area contributed by atoms with Gasteiger partial charge in [-0.25, -0.2) is 8.42 Å². The average molecular weight is 301 g/mol. The van der Waals surface area contributed by atoms with E-state index < -0.39 is 10.0 Å². The van der Waals surface area contributed by atoms with Crippen molar-refractivity contribution in [1.82, 2.24) is 19.8 Å². The predicted octanol–water partition coefficient (Wildman–Crippen LogP) is -1.11. The number of H-pyrrole nitrogens is 1. The lowest BCUT2D eigenvalue weighted by atomic mass is 9.99. The molecule has 4 N–H and O–H groups in total. The van der Waals surface area contributed by atoms with Crippen LogP contribution in [-0.4, -0.2) is 55.0 Å². The van der Waals surface area contributed by atoms with Crippen molar-refractivity contribution in [2.75, 3.05) is 26.2 Å². The van der Waals surface area contributed by atoms with Gasteiger partial charge in [0, 0.05) is 32.4 Å². The Kier molecular flexibility index (Phi) is 4.73. The van der Waals surface area contributed by atoms with Gasteiger partial charge in [0.05, 0.1) is 12.1 Å². The molecule has 2 heterocycles. The van der Waals surface area contributed by atoms with Crippen LogP contribution in [-0.2, 0) is 14.8 Å². The SMILES string of the molecule is NCCNC(=O)C1CCCN(S(=O)(=O)c2cn[nH]c2)C1. The maximum absolute atomic E-state index is 12.3. The molecule has 0 bridgehead atoms. The summed E-state index contributed by atoms with van der Waals surface area (Å²) in [5.74, 6) is -0.459. The molecule has 0 radical (unpaired) electrons. The number of aromatic nitrogens is 2. The van der Waals surface area contributed by atoms with Crippen LogP contribution in [0.15, 0.2) is 17.3 Å². The van der Waals surface area contributed by atoms with Crippen molar-refractivity contribution in [2.45, 2.75) is 17.7 Å². The lowest BCUT2D eigenvalue weighted by Gasteiger charge is -2.30. The van der Waals surface area contributed by atoms with Gasteiger partial charge in [0.15, 0.2) is 0 Å². The number of amides is 1. The monoisotopic (exact) mass is 301 g/mol. The molecule has 0 aromatic carbocycles. The van der Waals surface area contributed by atoms with E-state index in [9.17, 15) is 13.2 Å². The van der Waals surface area contributed by atoms with Crippen molar-refractivity contribution < 1.29 is 13.2 Å². The standard InChI is InChI=1S/C11H19N5O3S/c12-3-4-13-11(17)9-2-1-5-16(8-9)20(18,19)10-6-14-15-7-10/h6-7,9H,1-5,8,12H2,(H,13,17)(H,14,15). The summed E-state index contributed by atoms with van der Waals surface area (Å²) in [4.78, 5) is 12.0. The number of aromatic amines is 1. The largest absolute Gasteiger partial charge is 0.355 e. The summed E-state index contributed by atoms with van der Waals surface area (Å²) < 4.78 is 26.0. The number of nitrogens with zero attached hydrogens (tertiary/aromatic N) is 2. The molecule has 1 aliphatic rings. The number of carbonyl (C=O) groups is 1. The van der Waals surface area contributed by atoms with Crippen LogP contribution in [0.1, 0.15) is 12.8 Å². The first-order valence-corrected chi connectivity index (χ1v) is 7.96. The van der Waals surface area contributed by atoms with E-state index in [1.165, 1.54) is 16.7 Å². The normalized spacial score (nSPS) is 20.8. The molecule has 1 fully saturated rings. The minimum absolute atomic E-state index is 0.125. The Morgan fingerprint density at radius 3 is 3.05 bits per heavy atom. The Hall–Kier alpha value is -1.45. The van der Waals surface area contributed by atoms with E-state index in [0.29, 0.717) is 32.5 Å². The number of piperidine rings is 1. The zero-order chi connectivity index (χ0) is 14.6. The molecule has 1 aliphatic heterocycles. The van der Waals surface area contributed by atoms with Gasteiger partial charge in [-0.05, 0) is 12.8 Å². The van der Waals surface area contributed by atoms with Crippen LogP contribution < -0.4 is 11.1 Å². The lowest BCUT2D eigenvalue weighted by molar-refractivity contribution is -0.126. The molecule has 1 atom stereocenters. The van der Waals surface area contributed by atoms with Crippen molar-refractivity contribution in [3.8, 4) is 0 Å². The Balaban J connectivity index is 2.05. The van der Waals surface area contributed by atoms with Gasteiger partial charge in [0.1, 0.15) is 4.90 Å². The molecular formula is C11H19N5O3S. The molecule has 112 valence electrons. The molecule has 1 amide bonds. The predicted molar refractivity (Wildman–Crippen MR) is 72.1 cm³/mol. The molecule has 0 saturated carbocycles. The zero-order valence-corrected chi connectivity index (χ0v) is 11.9. The second-order valence-corrected chi connectivity index (χ2v) is 6.65. The van der Waals surface area contributed by atoms with Crippen LogP contribution in [0, 0.1) is 5.92 Å². The van der Waals surface area contributed by atoms with Gasteiger partial charge in [-0.15, -0.1) is 0 Å². The van der Waals surface area contributed by atoms with Crippen molar-refractivity contribution in [2.24, 2.45) is 11.7 Å². The smallest absolute Gasteiger partial charge is 0.246 e. The van der Waals surface area contributed by atoms with Gasteiger partial charge in [-0.2, -0.15) is 9.40 Å². The summed E-state index contributed by atoms with van der Waals surface area (Å²) in [6.45, 7) is 1.40. The van der Waals surface area contributed by atoms with E-state index in [4.69, 9.17) is 5.73 Å². The molecule has 0 spiro atoms. The summed E-state index contributed by atoms with van der Waals surface area (Å²) in [5.41, 5.74) is 5.34. The first-order chi connectivity index (χ1) is 9.55. The highest BCUT2D eigenvalue weighted by atomic mass is 32.2. The summed E-state index contributed by atoms with van der Waals surface area (Å²) in [6.07, 6.45) is 3.96. The van der Waals surface area contributed by atoms with E-state index >= 15 is 0 Å². The molecule has 1 aromatic heterocycles. The molecular weight excluding hydrogens is 282 g/mol. The van der Waals surface area contributed by atoms with E-state index in [1.807, 2.05) is 0 Å². The summed E-state index contributed by atoms with van der Waals surface area (Å²) in [7, 11) is -3.57. The molecule has 1 unspecified atom stereocenters. The number of nitrogens with one attached hydrogen (secondary N) is 2. The second-order valence-electron chi connectivity index (χ2n) is 4.72. The second kappa shape index (κ2) is 6.33. The number of rotatable bonds is 5. The molecule has 0 aliphatic carbocycles. The van der Waals surface area contributed by atoms with Crippen molar-refractivity contribution in [3.05, 3.63) is 12.4 Å². The zero-order valence-electron chi connectivity index (χ0n) is 11.1. The van der Waals surface area contributed by atoms with Gasteiger partial charge in [-0.3, -0.25) is 9.89 Å². The highest BCUT2D eigenvalue weighted by Gasteiger charge is 2.33. The van der Waals surface area contributed by atoms with Gasteiger partial charge in [-0.1, -0.05) is 0 Å². The van der Waals surface area contributed by atoms with E-state index in [-0.39, 0.29) is 23.3 Å². The number of carbonyl (C=O) groups excluding carboxylic acids is 1. The van der Waals surface area contributed by atoms with Gasteiger partial charge >= 0.3 is 0 Å². The van der Waals surface area contributed by atoms with Crippen LogP contribution in [0.3, 0.4) is 0 Å². The summed E-state index contributed by atoms with van der Waals surface area (Å²) in [5, 5.41) is 8.85. The van der Waals surface area contributed by atoms with Gasteiger partial charge in [0.2, 0.25) is 15.9 Å². The summed E-state index contributed by atoms with van der Waals surface area (Å²) >= 11 is 0. The molecule has 20 heavy (non-hydrogen) atoms. The molecule has 2 rings (SSSR count). The lowest BCUT2D eigenvalue weighted by Crippen LogP contribution is -2.46. The van der Waals surface area contributed by atoms with E-state index in [2.05, 4.69) is 15.5 Å². The minimum Gasteiger partial charge on any atom is -0.355 e. The Bertz CT molecular complexity index is 542. The van der Waals surface area contributed by atoms with Gasteiger partial charge in [0.25, 0.3) is 0 Å². The quantitative estimate of drug-likeness (QED) is 0.636. The number of nitrogens with two attached hydrogens (primary N) is 1. The number of hydrogen-bond acceptors (Lipinski definition) is 5. The van der Waals surface area contributed by atoms with E-state index in [1.54, 1.807) is 0 Å². The van der Waals surface area contributed by atoms with Crippen LogP contribution in [0.2, 0.25) is 0 Å².